The maximum Gasteiger partial charge on any atom is 0.229 e. The lowest BCUT2D eigenvalue weighted by Crippen LogP contribution is -2.10. The van der Waals surface area contributed by atoms with Crippen LogP contribution >= 0.6 is 0 Å². The summed E-state index contributed by atoms with van der Waals surface area (Å²) in [6, 6.07) is 14.6. The van der Waals surface area contributed by atoms with Crippen LogP contribution in [0.2, 0.25) is 0 Å². The molecule has 0 saturated heterocycles. The van der Waals surface area contributed by atoms with Gasteiger partial charge in [-0.25, -0.2) is 18.1 Å². The van der Waals surface area contributed by atoms with E-state index in [-0.39, 0.29) is 17.2 Å². The van der Waals surface area contributed by atoms with Crippen molar-refractivity contribution >= 4 is 38.2 Å². The van der Waals surface area contributed by atoms with Crippen molar-refractivity contribution in [2.24, 2.45) is 0 Å². The predicted octanol–water partition coefficient (Wildman–Crippen LogP) is 4.65. The topological polar surface area (TPSA) is 145 Å². The molecule has 194 valence electrons. The smallest absolute Gasteiger partial charge is 0.229 e. The van der Waals surface area contributed by atoms with E-state index in [9.17, 15) is 13.2 Å². The summed E-state index contributed by atoms with van der Waals surface area (Å²) in [6.45, 7) is 5.63. The van der Waals surface area contributed by atoms with E-state index in [1.165, 1.54) is 10.9 Å². The second kappa shape index (κ2) is 9.34. The van der Waals surface area contributed by atoms with Gasteiger partial charge in [0.05, 0.1) is 41.3 Å². The van der Waals surface area contributed by atoms with Gasteiger partial charge < -0.3 is 15.5 Å². The molecular weight excluding hydrogens is 504 g/mol. The minimum absolute atomic E-state index is 0.168. The van der Waals surface area contributed by atoms with E-state index >= 15 is 0 Å². The molecule has 0 saturated carbocycles. The highest BCUT2D eigenvalue weighted by atomic mass is 32.2. The molecular formula is C27H26N6O4S. The molecule has 0 bridgehead atoms. The van der Waals surface area contributed by atoms with Crippen molar-refractivity contribution in [2.75, 3.05) is 16.7 Å². The Labute approximate surface area is 219 Å². The zero-order valence-electron chi connectivity index (χ0n) is 21.2. The molecule has 2 aromatic carbocycles. The number of aromatic amines is 1. The van der Waals surface area contributed by atoms with Gasteiger partial charge in [0.25, 0.3) is 0 Å². The van der Waals surface area contributed by atoms with Gasteiger partial charge in [0.15, 0.2) is 0 Å². The van der Waals surface area contributed by atoms with Gasteiger partial charge in [-0.2, -0.15) is 5.10 Å². The number of sulfonamides is 1. The highest BCUT2D eigenvalue weighted by molar-refractivity contribution is 7.92. The lowest BCUT2D eigenvalue weighted by molar-refractivity contribution is 0.103. The van der Waals surface area contributed by atoms with Gasteiger partial charge in [0.2, 0.25) is 21.7 Å². The number of ketones is 1. The highest BCUT2D eigenvalue weighted by Crippen LogP contribution is 2.29. The monoisotopic (exact) mass is 530 g/mol. The molecule has 5 rings (SSSR count). The third kappa shape index (κ3) is 4.83. The Hall–Kier alpha value is -4.64. The molecule has 0 fully saturated rings. The Kier molecular flexibility index (Phi) is 6.15. The molecule has 3 heterocycles. The van der Waals surface area contributed by atoms with E-state index in [0.29, 0.717) is 34.2 Å². The Morgan fingerprint density at radius 2 is 1.79 bits per heavy atom. The summed E-state index contributed by atoms with van der Waals surface area (Å²) in [4.78, 5) is 20.8. The van der Waals surface area contributed by atoms with Crippen molar-refractivity contribution in [3.8, 4) is 17.3 Å². The number of nitrogens with one attached hydrogen (secondary N) is 2. The molecule has 4 N–H and O–H groups in total. The summed E-state index contributed by atoms with van der Waals surface area (Å²) < 4.78 is 33.2. The maximum atomic E-state index is 13.3. The van der Waals surface area contributed by atoms with Crippen LogP contribution in [0.5, 0.6) is 11.6 Å². The summed E-state index contributed by atoms with van der Waals surface area (Å²) in [7, 11) is -3.45. The number of hydrogen-bond acceptors (Lipinski definition) is 7. The van der Waals surface area contributed by atoms with E-state index < -0.39 is 10.0 Å². The van der Waals surface area contributed by atoms with E-state index in [0.717, 1.165) is 28.3 Å². The van der Waals surface area contributed by atoms with Gasteiger partial charge in [0, 0.05) is 17.0 Å². The Morgan fingerprint density at radius 3 is 2.50 bits per heavy atom. The van der Waals surface area contributed by atoms with Crippen LogP contribution in [0.4, 0.5) is 11.5 Å². The number of H-pyrrole nitrogens is 1. The second-order valence-electron chi connectivity index (χ2n) is 9.17. The van der Waals surface area contributed by atoms with E-state index in [4.69, 9.17) is 10.5 Å². The Morgan fingerprint density at radius 1 is 1.03 bits per heavy atom. The van der Waals surface area contributed by atoms with E-state index in [1.54, 1.807) is 37.4 Å². The third-order valence-electron chi connectivity index (χ3n) is 6.15. The molecule has 38 heavy (non-hydrogen) atoms. The number of hydrogen-bond donors (Lipinski definition) is 3. The van der Waals surface area contributed by atoms with Crippen molar-refractivity contribution < 1.29 is 17.9 Å². The first-order valence-corrected chi connectivity index (χ1v) is 13.6. The van der Waals surface area contributed by atoms with Crippen molar-refractivity contribution in [3.05, 3.63) is 88.9 Å². The van der Waals surface area contributed by atoms with Gasteiger partial charge in [-0.3, -0.25) is 9.52 Å². The molecule has 3 aromatic heterocycles. The molecule has 0 aliphatic carbocycles. The zero-order chi connectivity index (χ0) is 27.2. The molecule has 11 heteroatoms. The number of aromatic nitrogens is 4. The van der Waals surface area contributed by atoms with Gasteiger partial charge in [-0.15, -0.1) is 0 Å². The number of nitrogens with two attached hydrogens (primary N) is 1. The number of nitrogens with zero attached hydrogens (tertiary/aromatic N) is 3. The average molecular weight is 531 g/mol. The standard InChI is InChI=1S/C27H26N6O4S/c1-15-7-5-6-8-24(15)37-25-10-17(3)23(14-29-25)33-27(28)19(13-30-33)26(34)22-11-18-9-16(2)20(12-21(18)31-22)32-38(4,35)36/h5-14,31-32H,28H2,1-4H3. The first-order valence-electron chi connectivity index (χ1n) is 11.7. The molecule has 0 aliphatic heterocycles. The van der Waals surface area contributed by atoms with Gasteiger partial charge >= 0.3 is 0 Å². The molecule has 0 unspecified atom stereocenters. The molecule has 0 spiro atoms. The molecule has 0 amide bonds. The van der Waals surface area contributed by atoms with Crippen LogP contribution in [-0.4, -0.2) is 40.2 Å². The lowest BCUT2D eigenvalue weighted by atomic mass is 10.1. The number of benzene rings is 2. The van der Waals surface area contributed by atoms with Crippen LogP contribution < -0.4 is 15.2 Å². The normalized spacial score (nSPS) is 11.6. The van der Waals surface area contributed by atoms with Crippen LogP contribution in [-0.2, 0) is 10.0 Å². The van der Waals surface area contributed by atoms with E-state index in [1.807, 2.05) is 38.1 Å². The maximum absolute atomic E-state index is 13.3. The Balaban J connectivity index is 1.43. The fourth-order valence-corrected chi connectivity index (χ4v) is 4.80. The second-order valence-corrected chi connectivity index (χ2v) is 10.9. The van der Waals surface area contributed by atoms with Crippen LogP contribution in [0.1, 0.15) is 32.7 Å². The number of ether oxygens (including phenoxy) is 1. The summed E-state index contributed by atoms with van der Waals surface area (Å²) in [5.41, 5.74) is 11.1. The minimum Gasteiger partial charge on any atom is -0.439 e. The number of anilines is 2. The molecule has 10 nitrogen and oxygen atoms in total. The number of carbonyl (C=O) groups excluding carboxylic acids is 1. The molecule has 5 aromatic rings. The summed E-state index contributed by atoms with van der Waals surface area (Å²) >= 11 is 0. The first-order chi connectivity index (χ1) is 18.0. The number of carbonyl (C=O) groups is 1. The summed E-state index contributed by atoms with van der Waals surface area (Å²) in [6.07, 6.45) is 4.10. The van der Waals surface area contributed by atoms with Crippen LogP contribution in [0.25, 0.3) is 16.6 Å². The van der Waals surface area contributed by atoms with Crippen molar-refractivity contribution in [3.63, 3.8) is 0 Å². The average Bonchev–Trinajstić information content (AvgIpc) is 3.43. The number of rotatable bonds is 7. The lowest BCUT2D eigenvalue weighted by Gasteiger charge is -2.11. The predicted molar refractivity (Wildman–Crippen MR) is 147 cm³/mol. The fraction of sp³-hybridized carbons (Fsp3) is 0.148. The SMILES string of the molecule is Cc1cc2cc(C(=O)c3cnn(-c4cnc(Oc5ccccc5C)cc4C)c3N)[nH]c2cc1NS(C)(=O)=O. The number of para-hydroxylation sites is 1. The fourth-order valence-electron chi connectivity index (χ4n) is 4.18. The quantitative estimate of drug-likeness (QED) is 0.260. The summed E-state index contributed by atoms with van der Waals surface area (Å²) in [5, 5.41) is 5.11. The zero-order valence-corrected chi connectivity index (χ0v) is 22.1. The number of pyridine rings is 1. The Bertz CT molecular complexity index is 1820. The molecule has 0 radical (unpaired) electrons. The van der Waals surface area contributed by atoms with Crippen molar-refractivity contribution in [2.45, 2.75) is 20.8 Å². The number of fused-ring (bicyclic) bond motifs is 1. The van der Waals surface area contributed by atoms with Crippen molar-refractivity contribution in [1.29, 1.82) is 0 Å². The minimum atomic E-state index is -3.45. The van der Waals surface area contributed by atoms with Gasteiger partial charge in [-0.1, -0.05) is 18.2 Å². The van der Waals surface area contributed by atoms with Gasteiger partial charge in [-0.05, 0) is 61.7 Å². The number of nitrogen functional groups attached to an aromatic ring is 1. The van der Waals surface area contributed by atoms with Crippen molar-refractivity contribution in [1.82, 2.24) is 19.7 Å². The number of aryl methyl sites for hydroxylation is 3. The first kappa shape index (κ1) is 25.0. The van der Waals surface area contributed by atoms with Crippen LogP contribution in [0, 0.1) is 20.8 Å². The van der Waals surface area contributed by atoms with Crippen LogP contribution in [0.3, 0.4) is 0 Å². The van der Waals surface area contributed by atoms with Gasteiger partial charge in [0.1, 0.15) is 11.6 Å². The molecule has 0 aliphatic rings. The third-order valence-corrected chi connectivity index (χ3v) is 6.74. The van der Waals surface area contributed by atoms with E-state index in [2.05, 4.69) is 19.8 Å². The largest absolute Gasteiger partial charge is 0.439 e. The van der Waals surface area contributed by atoms with Crippen LogP contribution in [0.15, 0.2) is 60.9 Å². The summed E-state index contributed by atoms with van der Waals surface area (Å²) in [5.74, 6) is 0.971. The highest BCUT2D eigenvalue weighted by Gasteiger charge is 2.21. The molecule has 0 atom stereocenters.